The van der Waals surface area contributed by atoms with Crippen LogP contribution in [0.4, 0.5) is 24.7 Å². The van der Waals surface area contributed by atoms with Crippen LogP contribution < -0.4 is 14.5 Å². The number of aryl methyl sites for hydroxylation is 2. The number of benzene rings is 2. The molecule has 2 heterocycles. The van der Waals surface area contributed by atoms with E-state index in [-0.39, 0.29) is 0 Å². The standard InChI is InChI=1S/C22H23F3N4O/c1-14-12-15(2)19-18(13-14)20(27-21(26-19)22(23,24)25)29-10-8-28(9-11-29)16-4-6-17(30-3)7-5-16/h4-7,12-13H,8-11H2,1-3H3. The van der Waals surface area contributed by atoms with Gasteiger partial charge in [-0.1, -0.05) is 6.07 Å². The molecule has 3 aromatic rings. The molecule has 1 saturated heterocycles. The molecular weight excluding hydrogens is 393 g/mol. The van der Waals surface area contributed by atoms with Crippen LogP contribution in [0.25, 0.3) is 10.9 Å². The molecule has 1 aliphatic heterocycles. The molecule has 0 radical (unpaired) electrons. The van der Waals surface area contributed by atoms with Crippen molar-refractivity contribution in [2.75, 3.05) is 43.1 Å². The first kappa shape index (κ1) is 20.3. The van der Waals surface area contributed by atoms with Gasteiger partial charge >= 0.3 is 6.18 Å². The highest BCUT2D eigenvalue weighted by Crippen LogP contribution is 2.34. The van der Waals surface area contributed by atoms with Crippen molar-refractivity contribution in [3.05, 3.63) is 53.3 Å². The summed E-state index contributed by atoms with van der Waals surface area (Å²) in [6, 6.07) is 11.5. The van der Waals surface area contributed by atoms with Gasteiger partial charge < -0.3 is 14.5 Å². The minimum atomic E-state index is -4.59. The van der Waals surface area contributed by atoms with Gasteiger partial charge in [-0.05, 0) is 55.3 Å². The molecule has 0 aliphatic carbocycles. The maximum absolute atomic E-state index is 13.5. The number of hydrogen-bond donors (Lipinski definition) is 0. The Balaban J connectivity index is 1.66. The molecule has 0 amide bonds. The summed E-state index contributed by atoms with van der Waals surface area (Å²) in [4.78, 5) is 11.9. The number of piperazine rings is 1. The summed E-state index contributed by atoms with van der Waals surface area (Å²) < 4.78 is 45.6. The molecule has 5 nitrogen and oxygen atoms in total. The van der Waals surface area contributed by atoms with E-state index < -0.39 is 12.0 Å². The Labute approximate surface area is 173 Å². The molecule has 4 rings (SSSR count). The van der Waals surface area contributed by atoms with Crippen molar-refractivity contribution in [3.8, 4) is 5.75 Å². The summed E-state index contributed by atoms with van der Waals surface area (Å²) in [7, 11) is 1.62. The highest BCUT2D eigenvalue weighted by molar-refractivity contribution is 5.92. The van der Waals surface area contributed by atoms with E-state index in [2.05, 4.69) is 14.9 Å². The fourth-order valence-corrected chi connectivity index (χ4v) is 3.91. The lowest BCUT2D eigenvalue weighted by atomic mass is 10.1. The average Bonchev–Trinajstić information content (AvgIpc) is 2.72. The van der Waals surface area contributed by atoms with E-state index in [1.54, 1.807) is 14.0 Å². The van der Waals surface area contributed by atoms with Crippen LogP contribution in [0.2, 0.25) is 0 Å². The summed E-state index contributed by atoms with van der Waals surface area (Å²) in [5.74, 6) is 0.0540. The summed E-state index contributed by atoms with van der Waals surface area (Å²) in [5, 5.41) is 0.665. The summed E-state index contributed by atoms with van der Waals surface area (Å²) in [6.07, 6.45) is -4.59. The average molecular weight is 416 g/mol. The number of alkyl halides is 3. The number of hydrogen-bond acceptors (Lipinski definition) is 5. The number of ether oxygens (including phenoxy) is 1. The van der Waals surface area contributed by atoms with Gasteiger partial charge in [-0.3, -0.25) is 0 Å². The van der Waals surface area contributed by atoms with Crippen LogP contribution in [0.15, 0.2) is 36.4 Å². The molecule has 1 aromatic heterocycles. The summed E-state index contributed by atoms with van der Waals surface area (Å²) >= 11 is 0. The summed E-state index contributed by atoms with van der Waals surface area (Å²) in [6.45, 7) is 6.22. The number of fused-ring (bicyclic) bond motifs is 1. The van der Waals surface area contributed by atoms with Crippen molar-refractivity contribution >= 4 is 22.4 Å². The maximum atomic E-state index is 13.5. The fourth-order valence-electron chi connectivity index (χ4n) is 3.91. The minimum absolute atomic E-state index is 0.355. The lowest BCUT2D eigenvalue weighted by Gasteiger charge is -2.37. The Morgan fingerprint density at radius 2 is 1.53 bits per heavy atom. The second kappa shape index (κ2) is 7.66. The zero-order valence-electron chi connectivity index (χ0n) is 17.1. The van der Waals surface area contributed by atoms with Gasteiger partial charge in [-0.15, -0.1) is 0 Å². The molecular formula is C22H23F3N4O. The van der Waals surface area contributed by atoms with Crippen LogP contribution >= 0.6 is 0 Å². The van der Waals surface area contributed by atoms with Crippen LogP contribution in [-0.4, -0.2) is 43.3 Å². The molecule has 1 fully saturated rings. The molecule has 0 N–H and O–H groups in total. The van der Waals surface area contributed by atoms with E-state index in [1.165, 1.54) is 0 Å². The predicted molar refractivity (Wildman–Crippen MR) is 111 cm³/mol. The molecule has 8 heteroatoms. The first-order valence-corrected chi connectivity index (χ1v) is 9.76. The number of halogens is 3. The predicted octanol–water partition coefficient (Wildman–Crippen LogP) is 4.60. The van der Waals surface area contributed by atoms with Crippen molar-refractivity contribution < 1.29 is 17.9 Å². The van der Waals surface area contributed by atoms with Crippen molar-refractivity contribution in [1.29, 1.82) is 0 Å². The van der Waals surface area contributed by atoms with E-state index in [1.807, 2.05) is 48.2 Å². The largest absolute Gasteiger partial charge is 0.497 e. The van der Waals surface area contributed by atoms with Crippen LogP contribution in [-0.2, 0) is 6.18 Å². The summed E-state index contributed by atoms with van der Waals surface area (Å²) in [5.41, 5.74) is 3.11. The van der Waals surface area contributed by atoms with E-state index >= 15 is 0 Å². The third-order valence-corrected chi connectivity index (χ3v) is 5.39. The molecule has 0 unspecified atom stereocenters. The zero-order chi connectivity index (χ0) is 21.5. The smallest absolute Gasteiger partial charge is 0.451 e. The number of nitrogens with zero attached hydrogens (tertiary/aromatic N) is 4. The highest BCUT2D eigenvalue weighted by atomic mass is 19.4. The third-order valence-electron chi connectivity index (χ3n) is 5.39. The van der Waals surface area contributed by atoms with Crippen molar-refractivity contribution in [1.82, 2.24) is 9.97 Å². The maximum Gasteiger partial charge on any atom is 0.451 e. The Bertz CT molecular complexity index is 1060. The first-order chi connectivity index (χ1) is 14.3. The van der Waals surface area contributed by atoms with Gasteiger partial charge in [0.1, 0.15) is 11.6 Å². The lowest BCUT2D eigenvalue weighted by Crippen LogP contribution is -2.47. The van der Waals surface area contributed by atoms with Crippen LogP contribution in [0.5, 0.6) is 5.75 Å². The Hall–Kier alpha value is -3.03. The highest BCUT2D eigenvalue weighted by Gasteiger charge is 2.36. The molecule has 0 atom stereocenters. The van der Waals surface area contributed by atoms with E-state index in [0.29, 0.717) is 42.9 Å². The normalized spacial score (nSPS) is 15.0. The van der Waals surface area contributed by atoms with Crippen LogP contribution in [0, 0.1) is 13.8 Å². The molecule has 0 spiro atoms. The van der Waals surface area contributed by atoms with Gasteiger partial charge in [0, 0.05) is 37.3 Å². The Morgan fingerprint density at radius 3 is 2.13 bits per heavy atom. The second-order valence-electron chi connectivity index (χ2n) is 7.52. The number of methoxy groups -OCH3 is 1. The van der Waals surface area contributed by atoms with Crippen molar-refractivity contribution in [3.63, 3.8) is 0 Å². The van der Waals surface area contributed by atoms with Gasteiger partial charge in [-0.25, -0.2) is 9.97 Å². The third kappa shape index (κ3) is 3.86. The number of aromatic nitrogens is 2. The van der Waals surface area contributed by atoms with Gasteiger partial charge in [0.2, 0.25) is 5.82 Å². The first-order valence-electron chi connectivity index (χ1n) is 9.76. The SMILES string of the molecule is COc1ccc(N2CCN(c3nc(C(F)(F)F)nc4c(C)cc(C)cc34)CC2)cc1. The fraction of sp³-hybridized carbons (Fsp3) is 0.364. The van der Waals surface area contributed by atoms with Gasteiger partial charge in [0.25, 0.3) is 0 Å². The van der Waals surface area contributed by atoms with Gasteiger partial charge in [0.05, 0.1) is 12.6 Å². The molecule has 30 heavy (non-hydrogen) atoms. The minimum Gasteiger partial charge on any atom is -0.497 e. The van der Waals surface area contributed by atoms with E-state index in [9.17, 15) is 13.2 Å². The Kier molecular flexibility index (Phi) is 5.17. The zero-order valence-corrected chi connectivity index (χ0v) is 17.1. The number of rotatable bonds is 3. The topological polar surface area (TPSA) is 41.5 Å². The Morgan fingerprint density at radius 1 is 0.900 bits per heavy atom. The molecule has 2 aromatic carbocycles. The monoisotopic (exact) mass is 416 g/mol. The molecule has 0 bridgehead atoms. The van der Waals surface area contributed by atoms with Crippen molar-refractivity contribution in [2.24, 2.45) is 0 Å². The second-order valence-corrected chi connectivity index (χ2v) is 7.52. The van der Waals surface area contributed by atoms with E-state index in [0.717, 1.165) is 22.6 Å². The van der Waals surface area contributed by atoms with Crippen LogP contribution in [0.3, 0.4) is 0 Å². The molecule has 158 valence electrons. The molecule has 1 aliphatic rings. The van der Waals surface area contributed by atoms with Crippen LogP contribution in [0.1, 0.15) is 17.0 Å². The van der Waals surface area contributed by atoms with Gasteiger partial charge in [-0.2, -0.15) is 13.2 Å². The number of anilines is 2. The molecule has 0 saturated carbocycles. The lowest BCUT2D eigenvalue weighted by molar-refractivity contribution is -0.144. The quantitative estimate of drug-likeness (QED) is 0.624. The van der Waals surface area contributed by atoms with Crippen molar-refractivity contribution in [2.45, 2.75) is 20.0 Å². The van der Waals surface area contributed by atoms with Gasteiger partial charge in [0.15, 0.2) is 0 Å². The van der Waals surface area contributed by atoms with E-state index in [4.69, 9.17) is 4.74 Å².